The molecule has 1 aliphatic rings. The van der Waals surface area contributed by atoms with Crippen molar-refractivity contribution < 1.29 is 22.7 Å². The Labute approximate surface area is 183 Å². The fourth-order valence-electron chi connectivity index (χ4n) is 3.70. The average Bonchev–Trinajstić information content (AvgIpc) is 3.19. The number of hydrogen-bond donors (Lipinski definition) is 2. The lowest BCUT2D eigenvalue weighted by molar-refractivity contribution is -0.173. The molecule has 2 aromatic carbocycles. The van der Waals surface area contributed by atoms with Gasteiger partial charge in [-0.2, -0.15) is 18.3 Å². The molecular weight excluding hydrogens is 421 g/mol. The van der Waals surface area contributed by atoms with Crippen LogP contribution in [0.1, 0.15) is 47.0 Å². The van der Waals surface area contributed by atoms with Crippen LogP contribution in [0.3, 0.4) is 0 Å². The Balaban J connectivity index is 1.58. The lowest BCUT2D eigenvalue weighted by Crippen LogP contribution is -2.35. The smallest absolute Gasteiger partial charge is 0.410 e. The Morgan fingerprint density at radius 2 is 1.88 bits per heavy atom. The van der Waals surface area contributed by atoms with Gasteiger partial charge in [-0.05, 0) is 43.7 Å². The van der Waals surface area contributed by atoms with Crippen molar-refractivity contribution in [1.82, 2.24) is 9.78 Å². The SMILES string of the molecule is CCOc1ccc(NC(=O)c2cc3n(n2)[C@@H](C(F)(F)F)C[C@H](c2ccc(C)cc2)N3)cc1. The van der Waals surface area contributed by atoms with Crippen LogP contribution in [-0.2, 0) is 0 Å². The number of alkyl halides is 3. The highest BCUT2D eigenvalue weighted by atomic mass is 19.4. The third-order valence-electron chi connectivity index (χ3n) is 5.33. The summed E-state index contributed by atoms with van der Waals surface area (Å²) < 4.78 is 47.7. The minimum absolute atomic E-state index is 0.0970. The second-order valence-corrected chi connectivity index (χ2v) is 7.67. The number of fused-ring (bicyclic) bond motifs is 1. The summed E-state index contributed by atoms with van der Waals surface area (Å²) in [6.07, 6.45) is -4.73. The lowest BCUT2D eigenvalue weighted by atomic mass is 9.96. The van der Waals surface area contributed by atoms with Gasteiger partial charge in [0.15, 0.2) is 11.7 Å². The topological polar surface area (TPSA) is 68.2 Å². The molecule has 168 valence electrons. The number of halogens is 3. The highest BCUT2D eigenvalue weighted by Crippen LogP contribution is 2.43. The van der Waals surface area contributed by atoms with Gasteiger partial charge in [0.2, 0.25) is 0 Å². The number of nitrogens with one attached hydrogen (secondary N) is 2. The zero-order valence-electron chi connectivity index (χ0n) is 17.6. The largest absolute Gasteiger partial charge is 0.494 e. The van der Waals surface area contributed by atoms with Crippen LogP contribution in [0.4, 0.5) is 24.7 Å². The van der Waals surface area contributed by atoms with Crippen molar-refractivity contribution in [2.45, 2.75) is 38.5 Å². The Kier molecular flexibility index (Phi) is 5.82. The Bertz CT molecular complexity index is 1090. The van der Waals surface area contributed by atoms with E-state index in [0.717, 1.165) is 15.8 Å². The Hall–Kier alpha value is -3.49. The van der Waals surface area contributed by atoms with Crippen molar-refractivity contribution in [2.24, 2.45) is 0 Å². The van der Waals surface area contributed by atoms with E-state index in [1.165, 1.54) is 6.07 Å². The number of benzene rings is 2. The fraction of sp³-hybridized carbons (Fsp3) is 0.304. The van der Waals surface area contributed by atoms with Gasteiger partial charge in [-0.3, -0.25) is 4.79 Å². The van der Waals surface area contributed by atoms with Crippen LogP contribution in [0.15, 0.2) is 54.6 Å². The normalized spacial score (nSPS) is 17.9. The summed E-state index contributed by atoms with van der Waals surface area (Å²) in [5.41, 5.74) is 2.16. The molecule has 1 aromatic heterocycles. The van der Waals surface area contributed by atoms with Crippen molar-refractivity contribution in [3.63, 3.8) is 0 Å². The molecule has 0 fully saturated rings. The van der Waals surface area contributed by atoms with Crippen molar-refractivity contribution in [3.8, 4) is 5.75 Å². The maximum atomic E-state index is 13.8. The molecule has 32 heavy (non-hydrogen) atoms. The summed E-state index contributed by atoms with van der Waals surface area (Å²) in [7, 11) is 0. The summed E-state index contributed by atoms with van der Waals surface area (Å²) in [6.45, 7) is 4.30. The third-order valence-corrected chi connectivity index (χ3v) is 5.33. The second kappa shape index (κ2) is 8.57. The number of nitrogens with zero attached hydrogens (tertiary/aromatic N) is 2. The van der Waals surface area contributed by atoms with Gasteiger partial charge in [0, 0.05) is 18.2 Å². The number of aryl methyl sites for hydroxylation is 1. The Morgan fingerprint density at radius 3 is 2.50 bits per heavy atom. The van der Waals surface area contributed by atoms with Crippen LogP contribution in [0.25, 0.3) is 0 Å². The molecule has 2 heterocycles. The molecule has 0 radical (unpaired) electrons. The number of hydrogen-bond acceptors (Lipinski definition) is 4. The second-order valence-electron chi connectivity index (χ2n) is 7.67. The number of carbonyl (C=O) groups is 1. The van der Waals surface area contributed by atoms with E-state index < -0.39 is 24.2 Å². The van der Waals surface area contributed by atoms with Crippen LogP contribution < -0.4 is 15.4 Å². The van der Waals surface area contributed by atoms with Gasteiger partial charge in [-0.1, -0.05) is 29.8 Å². The van der Waals surface area contributed by atoms with E-state index in [4.69, 9.17) is 4.74 Å². The minimum atomic E-state index is -4.51. The van der Waals surface area contributed by atoms with E-state index in [1.54, 1.807) is 24.3 Å². The monoisotopic (exact) mass is 444 g/mol. The molecule has 0 aliphatic carbocycles. The number of aromatic nitrogens is 2. The fourth-order valence-corrected chi connectivity index (χ4v) is 3.70. The summed E-state index contributed by atoms with van der Waals surface area (Å²) in [6, 6.07) is 13.0. The summed E-state index contributed by atoms with van der Waals surface area (Å²) in [5.74, 6) is 0.217. The molecule has 0 saturated carbocycles. The van der Waals surface area contributed by atoms with Gasteiger partial charge < -0.3 is 15.4 Å². The molecule has 1 aliphatic heterocycles. The first-order valence-corrected chi connectivity index (χ1v) is 10.3. The van der Waals surface area contributed by atoms with Crippen LogP contribution in [0.5, 0.6) is 5.75 Å². The molecule has 0 bridgehead atoms. The van der Waals surface area contributed by atoms with Gasteiger partial charge >= 0.3 is 6.18 Å². The molecule has 6 nitrogen and oxygen atoms in total. The van der Waals surface area contributed by atoms with Gasteiger partial charge in [0.05, 0.1) is 12.6 Å². The molecule has 1 amide bonds. The van der Waals surface area contributed by atoms with E-state index in [2.05, 4.69) is 15.7 Å². The molecular formula is C23H23F3N4O2. The molecule has 0 spiro atoms. The first-order valence-electron chi connectivity index (χ1n) is 10.3. The summed E-state index contributed by atoms with van der Waals surface area (Å²) in [5, 5.41) is 9.74. The maximum absolute atomic E-state index is 13.8. The van der Waals surface area contributed by atoms with Gasteiger partial charge in [0.1, 0.15) is 11.6 Å². The number of amides is 1. The van der Waals surface area contributed by atoms with Crippen LogP contribution >= 0.6 is 0 Å². The standard InChI is InChI=1S/C23H23F3N4O2/c1-3-32-17-10-8-16(9-11-17)27-22(31)19-13-21-28-18(15-6-4-14(2)5-7-15)12-20(23(24,25)26)30(21)29-19/h4-11,13,18,20,28H,3,12H2,1-2H3,(H,27,31)/t18-,20-/m1/s1. The highest BCUT2D eigenvalue weighted by molar-refractivity contribution is 6.03. The first kappa shape index (κ1) is 21.7. The quantitative estimate of drug-likeness (QED) is 0.545. The third kappa shape index (κ3) is 4.56. The zero-order chi connectivity index (χ0) is 22.9. The van der Waals surface area contributed by atoms with E-state index >= 15 is 0 Å². The summed E-state index contributed by atoms with van der Waals surface area (Å²) >= 11 is 0. The first-order chi connectivity index (χ1) is 15.2. The molecule has 2 atom stereocenters. The molecule has 0 saturated heterocycles. The van der Waals surface area contributed by atoms with Crippen LogP contribution in [0, 0.1) is 6.92 Å². The van der Waals surface area contributed by atoms with E-state index in [0.29, 0.717) is 18.0 Å². The van der Waals surface area contributed by atoms with Crippen molar-refractivity contribution in [3.05, 3.63) is 71.4 Å². The van der Waals surface area contributed by atoms with Crippen LogP contribution in [0.2, 0.25) is 0 Å². The lowest BCUT2D eigenvalue weighted by Gasteiger charge is -2.33. The average molecular weight is 444 g/mol. The maximum Gasteiger partial charge on any atom is 0.410 e. The van der Waals surface area contributed by atoms with Gasteiger partial charge in [-0.15, -0.1) is 0 Å². The van der Waals surface area contributed by atoms with E-state index in [9.17, 15) is 18.0 Å². The van der Waals surface area contributed by atoms with Crippen molar-refractivity contribution >= 4 is 17.4 Å². The predicted octanol–water partition coefficient (Wildman–Crippen LogP) is 5.50. The Morgan fingerprint density at radius 1 is 1.19 bits per heavy atom. The molecule has 9 heteroatoms. The van der Waals surface area contributed by atoms with Gasteiger partial charge in [-0.25, -0.2) is 4.68 Å². The predicted molar refractivity (Wildman–Crippen MR) is 115 cm³/mol. The van der Waals surface area contributed by atoms with Gasteiger partial charge in [0.25, 0.3) is 5.91 Å². The van der Waals surface area contributed by atoms with Crippen molar-refractivity contribution in [1.29, 1.82) is 0 Å². The van der Waals surface area contributed by atoms with Crippen molar-refractivity contribution in [2.75, 3.05) is 17.2 Å². The number of anilines is 2. The van der Waals surface area contributed by atoms with E-state index in [1.807, 2.05) is 38.1 Å². The molecule has 3 aromatic rings. The molecule has 2 N–H and O–H groups in total. The minimum Gasteiger partial charge on any atom is -0.494 e. The number of rotatable bonds is 5. The number of ether oxygens (including phenoxy) is 1. The van der Waals surface area contributed by atoms with E-state index in [-0.39, 0.29) is 17.9 Å². The highest BCUT2D eigenvalue weighted by Gasteiger charge is 2.46. The molecule has 4 rings (SSSR count). The zero-order valence-corrected chi connectivity index (χ0v) is 17.6. The summed E-state index contributed by atoms with van der Waals surface area (Å²) in [4.78, 5) is 12.7. The number of carbonyl (C=O) groups excluding carboxylic acids is 1. The van der Waals surface area contributed by atoms with Crippen LogP contribution in [-0.4, -0.2) is 28.5 Å². The molecule has 0 unspecified atom stereocenters.